The summed E-state index contributed by atoms with van der Waals surface area (Å²) in [6.45, 7) is 0. The maximum Gasteiger partial charge on any atom is 0.254 e. The quantitative estimate of drug-likeness (QED) is 0.724. The Morgan fingerprint density at radius 3 is 2.62 bits per heavy atom. The first kappa shape index (κ1) is 9.31. The molecule has 0 aliphatic heterocycles. The predicted molar refractivity (Wildman–Crippen MR) is 45.9 cm³/mol. The predicted octanol–water partition coefficient (Wildman–Crippen LogP) is 0.198. The molecule has 5 heteroatoms. The van der Waals surface area contributed by atoms with Gasteiger partial charge in [0.1, 0.15) is 5.75 Å². The van der Waals surface area contributed by atoms with Crippen LogP contribution in [0, 0.1) is 0 Å². The van der Waals surface area contributed by atoms with Crippen LogP contribution in [-0.2, 0) is 0 Å². The Morgan fingerprint density at radius 2 is 2.15 bits per heavy atom. The van der Waals surface area contributed by atoms with E-state index in [1.807, 2.05) is 0 Å². The summed E-state index contributed by atoms with van der Waals surface area (Å²) in [6.07, 6.45) is 1.32. The van der Waals surface area contributed by atoms with Crippen LogP contribution in [0.2, 0.25) is 0 Å². The zero-order valence-corrected chi connectivity index (χ0v) is 7.40. The number of nitrogens with two attached hydrogens (primary N) is 1. The second kappa shape index (κ2) is 3.75. The van der Waals surface area contributed by atoms with Gasteiger partial charge in [-0.25, -0.2) is 4.98 Å². The number of ether oxygens (including phenoxy) is 2. The molecule has 1 aromatic heterocycles. The van der Waals surface area contributed by atoms with Crippen molar-refractivity contribution >= 4 is 5.91 Å². The Labute approximate surface area is 75.5 Å². The number of hydrogen-bond acceptors (Lipinski definition) is 4. The fraction of sp³-hybridized carbons (Fsp3) is 0.250. The summed E-state index contributed by atoms with van der Waals surface area (Å²) in [6, 6.07) is 1.50. The van der Waals surface area contributed by atoms with Crippen LogP contribution >= 0.6 is 0 Å². The third kappa shape index (κ3) is 1.87. The van der Waals surface area contributed by atoms with Crippen LogP contribution in [-0.4, -0.2) is 25.1 Å². The van der Waals surface area contributed by atoms with Crippen LogP contribution in [0.25, 0.3) is 0 Å². The fourth-order valence-corrected chi connectivity index (χ4v) is 0.885. The molecule has 5 nitrogen and oxygen atoms in total. The highest BCUT2D eigenvalue weighted by atomic mass is 16.5. The highest BCUT2D eigenvalue weighted by molar-refractivity contribution is 5.95. The zero-order valence-electron chi connectivity index (χ0n) is 7.40. The second-order valence-corrected chi connectivity index (χ2v) is 2.29. The smallest absolute Gasteiger partial charge is 0.254 e. The van der Waals surface area contributed by atoms with Crippen molar-refractivity contribution in [1.82, 2.24) is 4.98 Å². The molecular formula is C8H10N2O3. The molecule has 1 rings (SSSR count). The van der Waals surface area contributed by atoms with Gasteiger partial charge < -0.3 is 15.2 Å². The van der Waals surface area contributed by atoms with Gasteiger partial charge in [-0.1, -0.05) is 0 Å². The molecule has 0 aliphatic rings. The van der Waals surface area contributed by atoms with Gasteiger partial charge in [0.2, 0.25) is 5.88 Å². The summed E-state index contributed by atoms with van der Waals surface area (Å²) in [5.74, 6) is 0.160. The normalized spacial score (nSPS) is 9.38. The Hall–Kier alpha value is -1.78. The average molecular weight is 182 g/mol. The number of aromatic nitrogens is 1. The Balaban J connectivity index is 3.15. The van der Waals surface area contributed by atoms with Crippen molar-refractivity contribution in [2.45, 2.75) is 0 Å². The first-order valence-electron chi connectivity index (χ1n) is 3.57. The van der Waals surface area contributed by atoms with Crippen LogP contribution in [0.3, 0.4) is 0 Å². The number of nitrogens with zero attached hydrogens (tertiary/aromatic N) is 1. The van der Waals surface area contributed by atoms with Crippen molar-refractivity contribution in [3.8, 4) is 11.6 Å². The van der Waals surface area contributed by atoms with E-state index < -0.39 is 5.91 Å². The number of carbonyl (C=O) groups excluding carboxylic acids is 1. The maximum absolute atomic E-state index is 10.8. The van der Waals surface area contributed by atoms with E-state index in [1.54, 1.807) is 0 Å². The molecule has 0 atom stereocenters. The summed E-state index contributed by atoms with van der Waals surface area (Å²) in [7, 11) is 2.92. The SMILES string of the molecule is COc1cc(OC)c(C(N)=O)cn1. The van der Waals surface area contributed by atoms with Gasteiger partial charge >= 0.3 is 0 Å². The topological polar surface area (TPSA) is 74.4 Å². The maximum atomic E-state index is 10.8. The summed E-state index contributed by atoms with van der Waals surface area (Å²) in [5.41, 5.74) is 5.32. The van der Waals surface area contributed by atoms with Gasteiger partial charge in [0.05, 0.1) is 19.8 Å². The number of rotatable bonds is 3. The van der Waals surface area contributed by atoms with Crippen molar-refractivity contribution in [3.05, 3.63) is 17.8 Å². The third-order valence-electron chi connectivity index (χ3n) is 1.54. The van der Waals surface area contributed by atoms with Gasteiger partial charge in [0, 0.05) is 12.3 Å². The molecule has 70 valence electrons. The van der Waals surface area contributed by atoms with E-state index in [1.165, 1.54) is 26.5 Å². The Bertz CT molecular complexity index is 325. The molecule has 1 aromatic rings. The van der Waals surface area contributed by atoms with E-state index in [-0.39, 0.29) is 5.56 Å². The molecule has 0 radical (unpaired) electrons. The number of pyridine rings is 1. The molecule has 0 aliphatic carbocycles. The van der Waals surface area contributed by atoms with Crippen molar-refractivity contribution in [1.29, 1.82) is 0 Å². The van der Waals surface area contributed by atoms with Crippen LogP contribution < -0.4 is 15.2 Å². The minimum absolute atomic E-state index is 0.239. The second-order valence-electron chi connectivity index (χ2n) is 2.29. The Morgan fingerprint density at radius 1 is 1.46 bits per heavy atom. The molecule has 0 unspecified atom stereocenters. The molecule has 1 heterocycles. The van der Waals surface area contributed by atoms with Crippen LogP contribution in [0.15, 0.2) is 12.3 Å². The zero-order chi connectivity index (χ0) is 9.84. The van der Waals surface area contributed by atoms with E-state index in [0.29, 0.717) is 11.6 Å². The van der Waals surface area contributed by atoms with Gasteiger partial charge in [-0.05, 0) is 0 Å². The number of carbonyl (C=O) groups is 1. The van der Waals surface area contributed by atoms with Crippen molar-refractivity contribution in [2.24, 2.45) is 5.73 Å². The minimum Gasteiger partial charge on any atom is -0.496 e. The third-order valence-corrected chi connectivity index (χ3v) is 1.54. The molecule has 2 N–H and O–H groups in total. The van der Waals surface area contributed by atoms with Crippen molar-refractivity contribution in [2.75, 3.05) is 14.2 Å². The number of methoxy groups -OCH3 is 2. The molecular weight excluding hydrogens is 172 g/mol. The highest BCUT2D eigenvalue weighted by Crippen LogP contribution is 2.21. The molecule has 0 saturated carbocycles. The highest BCUT2D eigenvalue weighted by Gasteiger charge is 2.10. The lowest BCUT2D eigenvalue weighted by Crippen LogP contribution is -2.13. The van der Waals surface area contributed by atoms with E-state index in [2.05, 4.69) is 4.98 Å². The van der Waals surface area contributed by atoms with Gasteiger partial charge in [-0.3, -0.25) is 4.79 Å². The van der Waals surface area contributed by atoms with Crippen LogP contribution in [0.5, 0.6) is 11.6 Å². The molecule has 0 bridgehead atoms. The summed E-state index contributed by atoms with van der Waals surface area (Å²) in [4.78, 5) is 14.7. The molecule has 0 spiro atoms. The summed E-state index contributed by atoms with van der Waals surface area (Å²) < 4.78 is 9.78. The summed E-state index contributed by atoms with van der Waals surface area (Å²) in [5, 5.41) is 0. The van der Waals surface area contributed by atoms with Gasteiger partial charge in [0.25, 0.3) is 5.91 Å². The standard InChI is InChI=1S/C8H10N2O3/c1-12-6-3-7(13-2)10-4-5(6)8(9)11/h3-4H,1-2H3,(H2,9,11). The lowest BCUT2D eigenvalue weighted by molar-refractivity contribution is 0.0997. The first-order chi connectivity index (χ1) is 6.19. The minimum atomic E-state index is -0.577. The van der Waals surface area contributed by atoms with E-state index in [4.69, 9.17) is 15.2 Å². The van der Waals surface area contributed by atoms with Crippen LogP contribution in [0.4, 0.5) is 0 Å². The lowest BCUT2D eigenvalue weighted by Gasteiger charge is -2.05. The van der Waals surface area contributed by atoms with Crippen molar-refractivity contribution in [3.63, 3.8) is 0 Å². The number of hydrogen-bond donors (Lipinski definition) is 1. The molecule has 13 heavy (non-hydrogen) atoms. The van der Waals surface area contributed by atoms with Gasteiger partial charge in [-0.2, -0.15) is 0 Å². The molecule has 0 saturated heterocycles. The largest absolute Gasteiger partial charge is 0.496 e. The summed E-state index contributed by atoms with van der Waals surface area (Å²) >= 11 is 0. The van der Waals surface area contributed by atoms with Crippen LogP contribution in [0.1, 0.15) is 10.4 Å². The number of amides is 1. The Kier molecular flexibility index (Phi) is 2.69. The van der Waals surface area contributed by atoms with Gasteiger partial charge in [-0.15, -0.1) is 0 Å². The molecule has 0 fully saturated rings. The van der Waals surface area contributed by atoms with Crippen molar-refractivity contribution < 1.29 is 14.3 Å². The fourth-order valence-electron chi connectivity index (χ4n) is 0.885. The van der Waals surface area contributed by atoms with E-state index >= 15 is 0 Å². The molecule has 1 amide bonds. The van der Waals surface area contributed by atoms with Gasteiger partial charge in [0.15, 0.2) is 0 Å². The average Bonchev–Trinajstić information content (AvgIpc) is 2.16. The monoisotopic (exact) mass is 182 g/mol. The first-order valence-corrected chi connectivity index (χ1v) is 3.57. The molecule has 0 aromatic carbocycles. The van der Waals surface area contributed by atoms with E-state index in [9.17, 15) is 4.79 Å². The lowest BCUT2D eigenvalue weighted by atomic mass is 10.2. The van der Waals surface area contributed by atoms with E-state index in [0.717, 1.165) is 0 Å². The number of primary amides is 1.